The van der Waals surface area contributed by atoms with E-state index in [1.54, 1.807) is 0 Å². The summed E-state index contributed by atoms with van der Waals surface area (Å²) < 4.78 is 5.33. The molecule has 0 heterocycles. The Hall–Kier alpha value is -0.770. The highest BCUT2D eigenvalue weighted by Crippen LogP contribution is 2.13. The number of hydrogen-bond donors (Lipinski definition) is 2. The molecule has 1 atom stereocenters. The second kappa shape index (κ2) is 10.1. The fourth-order valence-electron chi connectivity index (χ4n) is 2.48. The van der Waals surface area contributed by atoms with E-state index in [0.29, 0.717) is 17.9 Å². The lowest BCUT2D eigenvalue weighted by Gasteiger charge is -2.27. The predicted octanol–water partition coefficient (Wildman–Crippen LogP) is 4.34. The summed E-state index contributed by atoms with van der Waals surface area (Å²) in [4.78, 5) is 11.9. The molecule has 0 saturated heterocycles. The van der Waals surface area contributed by atoms with Crippen molar-refractivity contribution in [3.63, 3.8) is 0 Å². The Morgan fingerprint density at radius 1 is 1.00 bits per heavy atom. The predicted molar refractivity (Wildman–Crippen MR) is 94.1 cm³/mol. The van der Waals surface area contributed by atoms with Gasteiger partial charge >= 0.3 is 6.09 Å². The van der Waals surface area contributed by atoms with Crippen LogP contribution in [0, 0.1) is 11.8 Å². The molecule has 1 unspecified atom stereocenters. The summed E-state index contributed by atoms with van der Waals surface area (Å²) in [5.74, 6) is 1.35. The van der Waals surface area contributed by atoms with Gasteiger partial charge in [-0.25, -0.2) is 4.79 Å². The van der Waals surface area contributed by atoms with Gasteiger partial charge in [-0.2, -0.15) is 0 Å². The topological polar surface area (TPSA) is 50.4 Å². The standard InChI is InChI=1S/C18H38N2O2/c1-9-15(20-17(21)22-18(6,7)8)12-19-16(10-13(2)3)11-14(4)5/h13-16,19H,9-12H2,1-8H3,(H,20,21). The average Bonchev–Trinajstić information content (AvgIpc) is 2.30. The lowest BCUT2D eigenvalue weighted by Crippen LogP contribution is -2.46. The molecule has 0 aliphatic carbocycles. The SMILES string of the molecule is CCC(CNC(CC(C)C)CC(C)C)NC(=O)OC(C)(C)C. The Morgan fingerprint density at radius 2 is 1.50 bits per heavy atom. The zero-order valence-corrected chi connectivity index (χ0v) is 16.0. The van der Waals surface area contributed by atoms with Gasteiger partial charge in [-0.05, 0) is 51.9 Å². The van der Waals surface area contributed by atoms with Gasteiger partial charge in [-0.1, -0.05) is 34.6 Å². The summed E-state index contributed by atoms with van der Waals surface area (Å²) in [6, 6.07) is 0.617. The number of ether oxygens (including phenoxy) is 1. The van der Waals surface area contributed by atoms with E-state index in [9.17, 15) is 4.79 Å². The number of carbonyl (C=O) groups excluding carboxylic acids is 1. The molecule has 0 saturated carbocycles. The molecule has 0 aliphatic heterocycles. The molecule has 22 heavy (non-hydrogen) atoms. The van der Waals surface area contributed by atoms with Crippen molar-refractivity contribution in [2.45, 2.75) is 92.3 Å². The molecule has 0 aliphatic rings. The largest absolute Gasteiger partial charge is 0.444 e. The Labute approximate surface area is 137 Å². The number of rotatable bonds is 9. The van der Waals surface area contributed by atoms with Crippen LogP contribution in [0.5, 0.6) is 0 Å². The minimum absolute atomic E-state index is 0.108. The average molecular weight is 315 g/mol. The van der Waals surface area contributed by atoms with Crippen molar-refractivity contribution >= 4 is 6.09 Å². The molecule has 0 aromatic carbocycles. The molecule has 0 bridgehead atoms. The maximum Gasteiger partial charge on any atom is 0.407 e. The van der Waals surface area contributed by atoms with Crippen LogP contribution in [-0.4, -0.2) is 30.3 Å². The highest BCUT2D eigenvalue weighted by atomic mass is 16.6. The van der Waals surface area contributed by atoms with E-state index in [-0.39, 0.29) is 12.1 Å². The minimum Gasteiger partial charge on any atom is -0.444 e. The first-order chi connectivity index (χ1) is 10.0. The number of alkyl carbamates (subject to hydrolysis) is 1. The van der Waals surface area contributed by atoms with Gasteiger partial charge in [0.25, 0.3) is 0 Å². The van der Waals surface area contributed by atoms with E-state index in [1.165, 1.54) is 12.8 Å². The molecule has 0 aromatic heterocycles. The van der Waals surface area contributed by atoms with Gasteiger partial charge in [-0.3, -0.25) is 0 Å². The van der Waals surface area contributed by atoms with Crippen LogP contribution in [0.3, 0.4) is 0 Å². The number of amides is 1. The van der Waals surface area contributed by atoms with Crippen LogP contribution in [0.15, 0.2) is 0 Å². The summed E-state index contributed by atoms with van der Waals surface area (Å²) in [5.41, 5.74) is -0.451. The molecule has 0 radical (unpaired) electrons. The lowest BCUT2D eigenvalue weighted by atomic mass is 9.95. The molecular weight excluding hydrogens is 276 g/mol. The Morgan fingerprint density at radius 3 is 1.86 bits per heavy atom. The third kappa shape index (κ3) is 11.8. The Kier molecular flexibility index (Phi) is 9.74. The zero-order valence-electron chi connectivity index (χ0n) is 16.0. The van der Waals surface area contributed by atoms with E-state index >= 15 is 0 Å². The summed E-state index contributed by atoms with van der Waals surface area (Å²) in [6.07, 6.45) is 2.90. The molecule has 4 nitrogen and oxygen atoms in total. The monoisotopic (exact) mass is 314 g/mol. The van der Waals surface area contributed by atoms with Crippen LogP contribution in [0.2, 0.25) is 0 Å². The van der Waals surface area contributed by atoms with Gasteiger partial charge < -0.3 is 15.4 Å². The van der Waals surface area contributed by atoms with Gasteiger partial charge in [0.1, 0.15) is 5.60 Å². The Balaban J connectivity index is 4.36. The van der Waals surface area contributed by atoms with Gasteiger partial charge in [0, 0.05) is 18.6 Å². The first-order valence-electron chi connectivity index (χ1n) is 8.76. The molecule has 0 rings (SSSR count). The van der Waals surface area contributed by atoms with Crippen molar-refractivity contribution < 1.29 is 9.53 Å². The third-order valence-corrected chi connectivity index (χ3v) is 3.38. The van der Waals surface area contributed by atoms with Crippen LogP contribution < -0.4 is 10.6 Å². The highest BCUT2D eigenvalue weighted by molar-refractivity contribution is 5.68. The zero-order chi connectivity index (χ0) is 17.3. The van der Waals surface area contributed by atoms with Crippen molar-refractivity contribution in [2.24, 2.45) is 11.8 Å². The van der Waals surface area contributed by atoms with E-state index in [2.05, 4.69) is 45.3 Å². The normalized spacial score (nSPS) is 13.8. The van der Waals surface area contributed by atoms with E-state index < -0.39 is 5.60 Å². The van der Waals surface area contributed by atoms with Gasteiger partial charge in [-0.15, -0.1) is 0 Å². The van der Waals surface area contributed by atoms with E-state index in [1.807, 2.05) is 20.8 Å². The highest BCUT2D eigenvalue weighted by Gasteiger charge is 2.20. The van der Waals surface area contributed by atoms with Crippen molar-refractivity contribution in [1.29, 1.82) is 0 Å². The van der Waals surface area contributed by atoms with E-state index in [0.717, 1.165) is 13.0 Å². The third-order valence-electron chi connectivity index (χ3n) is 3.38. The van der Waals surface area contributed by atoms with Crippen molar-refractivity contribution in [3.8, 4) is 0 Å². The molecule has 0 fully saturated rings. The van der Waals surface area contributed by atoms with Crippen LogP contribution >= 0.6 is 0 Å². The number of carbonyl (C=O) groups is 1. The van der Waals surface area contributed by atoms with Crippen molar-refractivity contribution in [2.75, 3.05) is 6.54 Å². The van der Waals surface area contributed by atoms with Crippen LogP contribution in [0.25, 0.3) is 0 Å². The van der Waals surface area contributed by atoms with Crippen molar-refractivity contribution in [1.82, 2.24) is 10.6 Å². The lowest BCUT2D eigenvalue weighted by molar-refractivity contribution is 0.0501. The van der Waals surface area contributed by atoms with Crippen molar-refractivity contribution in [3.05, 3.63) is 0 Å². The number of hydrogen-bond acceptors (Lipinski definition) is 3. The quantitative estimate of drug-likeness (QED) is 0.665. The Bertz CT molecular complexity index is 299. The molecule has 132 valence electrons. The second-order valence-corrected chi connectivity index (χ2v) is 8.12. The molecule has 1 amide bonds. The maximum absolute atomic E-state index is 11.9. The second-order valence-electron chi connectivity index (χ2n) is 8.12. The first-order valence-corrected chi connectivity index (χ1v) is 8.76. The van der Waals surface area contributed by atoms with Crippen LogP contribution in [-0.2, 0) is 4.74 Å². The van der Waals surface area contributed by atoms with E-state index in [4.69, 9.17) is 4.74 Å². The first kappa shape index (κ1) is 21.2. The fourth-order valence-corrected chi connectivity index (χ4v) is 2.48. The summed E-state index contributed by atoms with van der Waals surface area (Å²) in [6.45, 7) is 17.5. The van der Waals surface area contributed by atoms with Crippen LogP contribution in [0.4, 0.5) is 4.79 Å². The molecule has 4 heteroatoms. The molecule has 0 aromatic rings. The van der Waals surface area contributed by atoms with Gasteiger partial charge in [0.15, 0.2) is 0 Å². The molecular formula is C18H38N2O2. The number of nitrogens with one attached hydrogen (secondary N) is 2. The summed E-state index contributed by atoms with van der Waals surface area (Å²) in [7, 11) is 0. The van der Waals surface area contributed by atoms with Gasteiger partial charge in [0.05, 0.1) is 0 Å². The van der Waals surface area contributed by atoms with Crippen LogP contribution in [0.1, 0.15) is 74.7 Å². The van der Waals surface area contributed by atoms with Gasteiger partial charge in [0.2, 0.25) is 0 Å². The minimum atomic E-state index is -0.451. The summed E-state index contributed by atoms with van der Waals surface area (Å²) >= 11 is 0. The molecule has 0 spiro atoms. The fraction of sp³-hybridized carbons (Fsp3) is 0.944. The smallest absolute Gasteiger partial charge is 0.407 e. The maximum atomic E-state index is 11.9. The summed E-state index contributed by atoms with van der Waals surface area (Å²) in [5, 5.41) is 6.59. The molecule has 2 N–H and O–H groups in total.